The molecule has 0 heterocycles. The third-order valence-electron chi connectivity index (χ3n) is 14.1. The number of aliphatic hydroxyl groups excluding tert-OH is 3. The van der Waals surface area contributed by atoms with Crippen molar-refractivity contribution < 1.29 is 39.5 Å². The van der Waals surface area contributed by atoms with Crippen molar-refractivity contribution in [3.05, 3.63) is 0 Å². The van der Waals surface area contributed by atoms with Gasteiger partial charge < -0.3 is 30.5 Å². The highest BCUT2D eigenvalue weighted by atomic mass is 16.5. The number of amides is 1. The molecular weight excluding hydrogens is 574 g/mol. The summed E-state index contributed by atoms with van der Waals surface area (Å²) in [5.41, 5.74) is -0.736. The molecule has 5 rings (SSSR count). The lowest BCUT2D eigenvalue weighted by atomic mass is 9.43. The number of carbonyl (C=O) groups is 3. The summed E-state index contributed by atoms with van der Waals surface area (Å²) in [5, 5.41) is 45.9. The molecule has 9 nitrogen and oxygen atoms in total. The number of carboxylic acids is 1. The van der Waals surface area contributed by atoms with E-state index in [0.29, 0.717) is 18.8 Å². The molecule has 1 amide bonds. The van der Waals surface area contributed by atoms with Crippen molar-refractivity contribution in [2.24, 2.45) is 51.8 Å². The van der Waals surface area contributed by atoms with E-state index in [4.69, 9.17) is 4.74 Å². The lowest BCUT2D eigenvalue weighted by Gasteiger charge is -2.63. The SMILES string of the molecule is C[C@H](CCC(=O)O[C@H](C)C(=O)NCC1(CC(=O)O)CCCCC1)C1CCC2C3C(C[C@H](O)C21C)C1(C)CC[C@@H](O)CC1C[C@H]3O. The van der Waals surface area contributed by atoms with Crippen LogP contribution < -0.4 is 5.32 Å². The summed E-state index contributed by atoms with van der Waals surface area (Å²) in [7, 11) is 0. The zero-order valence-corrected chi connectivity index (χ0v) is 28.0. The predicted octanol–water partition coefficient (Wildman–Crippen LogP) is 4.84. The van der Waals surface area contributed by atoms with Gasteiger partial charge in [-0.1, -0.05) is 40.0 Å². The average Bonchev–Trinajstić information content (AvgIpc) is 3.34. The third kappa shape index (κ3) is 6.69. The summed E-state index contributed by atoms with van der Waals surface area (Å²) in [4.78, 5) is 37.1. The number of aliphatic carboxylic acids is 1. The van der Waals surface area contributed by atoms with E-state index in [9.17, 15) is 34.8 Å². The number of aliphatic hydroxyl groups is 3. The predicted molar refractivity (Wildman–Crippen MR) is 169 cm³/mol. The Hall–Kier alpha value is -1.71. The van der Waals surface area contributed by atoms with Crippen LogP contribution in [0.5, 0.6) is 0 Å². The highest BCUT2D eigenvalue weighted by Gasteiger charge is 2.65. The van der Waals surface area contributed by atoms with Crippen molar-refractivity contribution in [3.63, 3.8) is 0 Å². The van der Waals surface area contributed by atoms with Crippen LogP contribution in [0.15, 0.2) is 0 Å². The summed E-state index contributed by atoms with van der Waals surface area (Å²) in [5.74, 6) is -0.371. The average molecular weight is 634 g/mol. The molecule has 5 saturated carbocycles. The maximum atomic E-state index is 12.9. The maximum absolute atomic E-state index is 12.9. The molecular formula is C36H59NO8. The first kappa shape index (κ1) is 34.6. The number of carboxylic acid groups (broad SMARTS) is 1. The smallest absolute Gasteiger partial charge is 0.306 e. The van der Waals surface area contributed by atoms with Crippen LogP contribution in [0.25, 0.3) is 0 Å². The molecule has 0 aromatic carbocycles. The second-order valence-electron chi connectivity index (χ2n) is 16.5. The summed E-state index contributed by atoms with van der Waals surface area (Å²) in [6.45, 7) is 8.55. The molecule has 7 unspecified atom stereocenters. The minimum atomic E-state index is -0.956. The van der Waals surface area contributed by atoms with Crippen molar-refractivity contribution in [2.75, 3.05) is 6.54 Å². The minimum Gasteiger partial charge on any atom is -0.481 e. The van der Waals surface area contributed by atoms with Crippen molar-refractivity contribution >= 4 is 17.8 Å². The van der Waals surface area contributed by atoms with Crippen LogP contribution >= 0.6 is 0 Å². The Bertz CT molecular complexity index is 1090. The van der Waals surface area contributed by atoms with Crippen molar-refractivity contribution in [2.45, 2.75) is 148 Å². The van der Waals surface area contributed by atoms with Crippen LogP contribution in [0.4, 0.5) is 0 Å². The second kappa shape index (κ2) is 13.4. The van der Waals surface area contributed by atoms with E-state index >= 15 is 0 Å². The first-order valence-corrected chi connectivity index (χ1v) is 17.9. The number of fused-ring (bicyclic) bond motifs is 5. The topological polar surface area (TPSA) is 153 Å². The molecule has 0 saturated heterocycles. The van der Waals surface area contributed by atoms with Gasteiger partial charge >= 0.3 is 11.9 Å². The molecule has 5 aliphatic carbocycles. The Morgan fingerprint density at radius 3 is 2.31 bits per heavy atom. The number of ether oxygens (including phenoxy) is 1. The number of nitrogens with one attached hydrogen (secondary N) is 1. The standard InChI is InChI=1S/C36H59NO8/c1-21(8-11-31(43)45-22(2)33(44)37-20-36(19-30(41)42)13-6-5-7-14-36)25-9-10-26-32-27(18-29(40)35(25,26)4)34(3)15-12-24(38)16-23(34)17-28(32)39/h21-29,32,38-40H,5-20H2,1-4H3,(H,37,44)(H,41,42)/t21-,22-,23?,24-,25?,26?,27?,28-,29+,32?,34?,35?/m1/s1. The molecule has 5 N–H and O–H groups in total. The molecule has 0 spiro atoms. The van der Waals surface area contributed by atoms with Gasteiger partial charge in [0.1, 0.15) is 0 Å². The number of carbonyl (C=O) groups excluding carboxylic acids is 2. The third-order valence-corrected chi connectivity index (χ3v) is 14.1. The molecule has 0 aromatic rings. The van der Waals surface area contributed by atoms with Crippen LogP contribution in [0.1, 0.15) is 124 Å². The molecule has 5 aliphatic rings. The quantitative estimate of drug-likeness (QED) is 0.214. The summed E-state index contributed by atoms with van der Waals surface area (Å²) in [6, 6.07) is 0. The second-order valence-corrected chi connectivity index (χ2v) is 16.5. The zero-order chi connectivity index (χ0) is 32.7. The van der Waals surface area contributed by atoms with Gasteiger partial charge in [0.2, 0.25) is 0 Å². The molecule has 5 fully saturated rings. The van der Waals surface area contributed by atoms with Gasteiger partial charge in [-0.05, 0) is 123 Å². The lowest BCUT2D eigenvalue weighted by molar-refractivity contribution is -0.207. The lowest BCUT2D eigenvalue weighted by Crippen LogP contribution is -2.62. The van der Waals surface area contributed by atoms with E-state index < -0.39 is 41.6 Å². The van der Waals surface area contributed by atoms with E-state index in [0.717, 1.165) is 70.6 Å². The molecule has 0 bridgehead atoms. The Kier molecular flexibility index (Phi) is 10.3. The Morgan fingerprint density at radius 2 is 1.62 bits per heavy atom. The highest BCUT2D eigenvalue weighted by Crippen LogP contribution is 2.68. The van der Waals surface area contributed by atoms with Crippen molar-refractivity contribution in [3.8, 4) is 0 Å². The largest absolute Gasteiger partial charge is 0.481 e. The van der Waals surface area contributed by atoms with Gasteiger partial charge in [-0.2, -0.15) is 0 Å². The van der Waals surface area contributed by atoms with Crippen LogP contribution in [0.3, 0.4) is 0 Å². The normalized spacial score (nSPS) is 41.9. The number of rotatable bonds is 10. The monoisotopic (exact) mass is 633 g/mol. The summed E-state index contributed by atoms with van der Waals surface area (Å²) in [6.07, 6.45) is 9.04. The van der Waals surface area contributed by atoms with E-state index in [2.05, 4.69) is 26.1 Å². The zero-order valence-electron chi connectivity index (χ0n) is 28.0. The number of hydrogen-bond acceptors (Lipinski definition) is 7. The fourth-order valence-electron chi connectivity index (χ4n) is 11.4. The van der Waals surface area contributed by atoms with Crippen LogP contribution in [0, 0.1) is 51.8 Å². The Labute approximate surface area is 269 Å². The van der Waals surface area contributed by atoms with Gasteiger partial charge in [0.15, 0.2) is 6.10 Å². The molecule has 0 aromatic heterocycles. The Balaban J connectivity index is 1.15. The van der Waals surface area contributed by atoms with Gasteiger partial charge in [0.05, 0.1) is 24.7 Å². The van der Waals surface area contributed by atoms with Crippen molar-refractivity contribution in [1.29, 1.82) is 0 Å². The van der Waals surface area contributed by atoms with Crippen LogP contribution in [-0.2, 0) is 19.1 Å². The van der Waals surface area contributed by atoms with Crippen LogP contribution in [-0.4, -0.2) is 69.2 Å². The minimum absolute atomic E-state index is 0.0271. The van der Waals surface area contributed by atoms with E-state index in [-0.39, 0.29) is 65.9 Å². The summed E-state index contributed by atoms with van der Waals surface area (Å²) < 4.78 is 5.52. The van der Waals surface area contributed by atoms with Gasteiger partial charge in [-0.3, -0.25) is 14.4 Å². The fourth-order valence-corrected chi connectivity index (χ4v) is 11.4. The van der Waals surface area contributed by atoms with Gasteiger partial charge in [-0.25, -0.2) is 0 Å². The Morgan fingerprint density at radius 1 is 0.911 bits per heavy atom. The van der Waals surface area contributed by atoms with E-state index in [1.807, 2.05) is 0 Å². The van der Waals surface area contributed by atoms with E-state index in [1.165, 1.54) is 0 Å². The first-order valence-electron chi connectivity index (χ1n) is 17.9. The number of hydrogen-bond donors (Lipinski definition) is 5. The molecule has 45 heavy (non-hydrogen) atoms. The van der Waals surface area contributed by atoms with Gasteiger partial charge in [0, 0.05) is 13.0 Å². The number of esters is 1. The molecule has 0 aliphatic heterocycles. The molecule has 0 radical (unpaired) electrons. The van der Waals surface area contributed by atoms with Crippen molar-refractivity contribution in [1.82, 2.24) is 5.32 Å². The van der Waals surface area contributed by atoms with Crippen LogP contribution in [0.2, 0.25) is 0 Å². The summed E-state index contributed by atoms with van der Waals surface area (Å²) >= 11 is 0. The van der Waals surface area contributed by atoms with E-state index in [1.54, 1.807) is 6.92 Å². The van der Waals surface area contributed by atoms with Gasteiger partial charge in [-0.15, -0.1) is 0 Å². The molecule has 12 atom stereocenters. The maximum Gasteiger partial charge on any atom is 0.306 e. The fraction of sp³-hybridized carbons (Fsp3) is 0.917. The molecule has 9 heteroatoms. The first-order chi connectivity index (χ1) is 21.2. The van der Waals surface area contributed by atoms with Gasteiger partial charge in [0.25, 0.3) is 5.91 Å². The molecule has 256 valence electrons. The highest BCUT2D eigenvalue weighted by molar-refractivity contribution is 5.83.